The summed E-state index contributed by atoms with van der Waals surface area (Å²) >= 11 is 0. The lowest BCUT2D eigenvalue weighted by Crippen LogP contribution is -2.28. The zero-order valence-corrected chi connectivity index (χ0v) is 14.7. The fourth-order valence-corrected chi connectivity index (χ4v) is 2.12. The van der Waals surface area contributed by atoms with E-state index in [2.05, 4.69) is 6.92 Å². The third-order valence-corrected chi connectivity index (χ3v) is 3.48. The van der Waals surface area contributed by atoms with Crippen LogP contribution >= 0.6 is 0 Å². The Morgan fingerprint density at radius 1 is 1.00 bits per heavy atom. The molecule has 1 aromatic carbocycles. The predicted octanol–water partition coefficient (Wildman–Crippen LogP) is 3.51. The van der Waals surface area contributed by atoms with Crippen LogP contribution in [0.1, 0.15) is 45.1 Å². The molecule has 5 nitrogen and oxygen atoms in total. The molecule has 1 atom stereocenters. The van der Waals surface area contributed by atoms with Crippen LogP contribution in [0.5, 0.6) is 0 Å². The minimum absolute atomic E-state index is 0.00141. The summed E-state index contributed by atoms with van der Waals surface area (Å²) in [5.74, 6) is -1.27. The average molecular weight is 336 g/mol. The van der Waals surface area contributed by atoms with E-state index in [1.54, 1.807) is 6.92 Å². The molecule has 0 unspecified atom stereocenters. The summed E-state index contributed by atoms with van der Waals surface area (Å²) < 4.78 is 15.8. The van der Waals surface area contributed by atoms with Gasteiger partial charge in [0.2, 0.25) is 0 Å². The maximum Gasteiger partial charge on any atom is 0.314 e. The van der Waals surface area contributed by atoms with Crippen LogP contribution in [0.2, 0.25) is 0 Å². The molecule has 24 heavy (non-hydrogen) atoms. The highest BCUT2D eigenvalue weighted by atomic mass is 16.6. The lowest BCUT2D eigenvalue weighted by atomic mass is 10.1. The van der Waals surface area contributed by atoms with Gasteiger partial charge in [0.25, 0.3) is 0 Å². The molecule has 1 aromatic rings. The zero-order valence-electron chi connectivity index (χ0n) is 14.7. The van der Waals surface area contributed by atoms with Crippen molar-refractivity contribution in [1.29, 1.82) is 0 Å². The Hall–Kier alpha value is -1.88. The Morgan fingerprint density at radius 3 is 2.42 bits per heavy atom. The molecule has 134 valence electrons. The van der Waals surface area contributed by atoms with Crippen molar-refractivity contribution < 1.29 is 23.8 Å². The van der Waals surface area contributed by atoms with Crippen LogP contribution in [-0.4, -0.2) is 31.8 Å². The minimum Gasteiger partial charge on any atom is -0.466 e. The number of rotatable bonds is 12. The molecule has 1 rings (SSSR count). The van der Waals surface area contributed by atoms with Crippen LogP contribution in [0.3, 0.4) is 0 Å². The average Bonchev–Trinajstić information content (AvgIpc) is 2.59. The molecule has 0 aliphatic carbocycles. The van der Waals surface area contributed by atoms with Gasteiger partial charge in [0.15, 0.2) is 0 Å². The van der Waals surface area contributed by atoms with Gasteiger partial charge in [-0.1, -0.05) is 50.1 Å². The Balaban J connectivity index is 2.39. The summed E-state index contributed by atoms with van der Waals surface area (Å²) in [6, 6.07) is 9.70. The van der Waals surface area contributed by atoms with E-state index in [0.29, 0.717) is 19.6 Å². The summed E-state index contributed by atoms with van der Waals surface area (Å²) in [4.78, 5) is 23.6. The van der Waals surface area contributed by atoms with Crippen molar-refractivity contribution >= 4 is 11.9 Å². The Bertz CT molecular complexity index is 472. The third kappa shape index (κ3) is 8.67. The molecule has 0 saturated carbocycles. The number of ether oxygens (including phenoxy) is 3. The quantitative estimate of drug-likeness (QED) is 0.432. The van der Waals surface area contributed by atoms with Crippen LogP contribution < -0.4 is 0 Å². The molecule has 0 N–H and O–H groups in total. The maximum absolute atomic E-state index is 12.0. The van der Waals surface area contributed by atoms with E-state index in [4.69, 9.17) is 14.2 Å². The van der Waals surface area contributed by atoms with Crippen molar-refractivity contribution in [3.8, 4) is 0 Å². The zero-order chi connectivity index (χ0) is 17.6. The molecule has 0 radical (unpaired) electrons. The molecule has 5 heteroatoms. The highest BCUT2D eigenvalue weighted by molar-refractivity contribution is 5.74. The second-order valence-corrected chi connectivity index (χ2v) is 5.59. The van der Waals surface area contributed by atoms with E-state index in [0.717, 1.165) is 24.8 Å². The highest BCUT2D eigenvalue weighted by Crippen LogP contribution is 2.08. The van der Waals surface area contributed by atoms with Crippen LogP contribution in [0.15, 0.2) is 30.3 Å². The normalized spacial score (nSPS) is 11.8. The Morgan fingerprint density at radius 2 is 1.75 bits per heavy atom. The van der Waals surface area contributed by atoms with Crippen molar-refractivity contribution in [2.45, 2.75) is 46.1 Å². The molecule has 0 heterocycles. The van der Waals surface area contributed by atoms with Gasteiger partial charge in [-0.05, 0) is 18.9 Å². The molecule has 0 amide bonds. The van der Waals surface area contributed by atoms with Gasteiger partial charge in [0, 0.05) is 6.42 Å². The Labute approximate surface area is 144 Å². The lowest BCUT2D eigenvalue weighted by molar-refractivity contribution is -0.157. The number of hydrogen-bond acceptors (Lipinski definition) is 5. The van der Waals surface area contributed by atoms with Crippen LogP contribution in [0, 0.1) is 5.92 Å². The molecular formula is C19H28O5. The molecule has 0 spiro atoms. The van der Waals surface area contributed by atoms with Crippen LogP contribution in [-0.2, 0) is 30.4 Å². The molecule has 0 aliphatic heterocycles. The highest BCUT2D eigenvalue weighted by Gasteiger charge is 2.22. The molecule has 0 fully saturated rings. The van der Waals surface area contributed by atoms with E-state index in [1.165, 1.54) is 0 Å². The maximum atomic E-state index is 12.0. The van der Waals surface area contributed by atoms with Crippen LogP contribution in [0.25, 0.3) is 0 Å². The van der Waals surface area contributed by atoms with Crippen molar-refractivity contribution in [3.05, 3.63) is 35.9 Å². The van der Waals surface area contributed by atoms with Crippen molar-refractivity contribution in [1.82, 2.24) is 0 Å². The number of carbonyl (C=O) groups excluding carboxylic acids is 2. The van der Waals surface area contributed by atoms with Crippen LogP contribution in [0.4, 0.5) is 0 Å². The number of unbranched alkanes of at least 4 members (excludes halogenated alkanes) is 2. The fraction of sp³-hybridized carbons (Fsp3) is 0.579. The molecular weight excluding hydrogens is 308 g/mol. The fourth-order valence-electron chi connectivity index (χ4n) is 2.12. The largest absolute Gasteiger partial charge is 0.466 e. The van der Waals surface area contributed by atoms with E-state index in [-0.39, 0.29) is 19.2 Å². The summed E-state index contributed by atoms with van der Waals surface area (Å²) in [5.41, 5.74) is 1.02. The van der Waals surface area contributed by atoms with E-state index in [1.807, 2.05) is 30.3 Å². The van der Waals surface area contributed by atoms with Gasteiger partial charge in [0.1, 0.15) is 12.5 Å². The second kappa shape index (κ2) is 12.5. The summed E-state index contributed by atoms with van der Waals surface area (Å²) in [7, 11) is 0. The monoisotopic (exact) mass is 336 g/mol. The molecule has 0 aliphatic rings. The van der Waals surface area contributed by atoms with Gasteiger partial charge in [-0.3, -0.25) is 9.59 Å². The lowest BCUT2D eigenvalue weighted by Gasteiger charge is -2.16. The van der Waals surface area contributed by atoms with Gasteiger partial charge in [0.05, 0.1) is 19.8 Å². The van der Waals surface area contributed by atoms with Gasteiger partial charge in [-0.15, -0.1) is 0 Å². The van der Waals surface area contributed by atoms with E-state index < -0.39 is 11.9 Å². The smallest absolute Gasteiger partial charge is 0.314 e. The number of benzene rings is 1. The van der Waals surface area contributed by atoms with Gasteiger partial charge in [-0.2, -0.15) is 0 Å². The number of carbonyl (C=O) groups is 2. The number of esters is 2. The first-order valence-electron chi connectivity index (χ1n) is 8.61. The summed E-state index contributed by atoms with van der Waals surface area (Å²) in [6.45, 7) is 4.68. The molecule has 0 aromatic heterocycles. The standard InChI is InChI=1S/C19H28O5/c1-3-5-7-12-18(20)24-15-17(19(21)23-4-2)14-22-13-16-10-8-6-9-11-16/h6,8-11,17H,3-5,7,12-15H2,1-2H3/t17-/m1/s1. The van der Waals surface area contributed by atoms with E-state index in [9.17, 15) is 9.59 Å². The number of hydrogen-bond donors (Lipinski definition) is 0. The first-order valence-corrected chi connectivity index (χ1v) is 8.61. The van der Waals surface area contributed by atoms with Gasteiger partial charge >= 0.3 is 11.9 Å². The SMILES string of the molecule is CCCCCC(=O)OC[C@@H](COCc1ccccc1)C(=O)OCC. The summed E-state index contributed by atoms with van der Waals surface area (Å²) in [5, 5.41) is 0. The first kappa shape index (κ1) is 20.2. The van der Waals surface area contributed by atoms with Gasteiger partial charge in [-0.25, -0.2) is 0 Å². The minimum atomic E-state index is -0.594. The van der Waals surface area contributed by atoms with E-state index >= 15 is 0 Å². The first-order chi connectivity index (χ1) is 11.7. The van der Waals surface area contributed by atoms with Gasteiger partial charge < -0.3 is 14.2 Å². The second-order valence-electron chi connectivity index (χ2n) is 5.59. The predicted molar refractivity (Wildman–Crippen MR) is 91.3 cm³/mol. The third-order valence-electron chi connectivity index (χ3n) is 3.48. The molecule has 0 saturated heterocycles. The molecule has 0 bridgehead atoms. The Kier molecular flexibility index (Phi) is 10.5. The summed E-state index contributed by atoms with van der Waals surface area (Å²) in [6.07, 6.45) is 3.24. The topological polar surface area (TPSA) is 61.8 Å². The van der Waals surface area contributed by atoms with Crippen molar-refractivity contribution in [3.63, 3.8) is 0 Å². The van der Waals surface area contributed by atoms with Crippen molar-refractivity contribution in [2.24, 2.45) is 5.92 Å². The van der Waals surface area contributed by atoms with Crippen molar-refractivity contribution in [2.75, 3.05) is 19.8 Å².